The van der Waals surface area contributed by atoms with Crippen molar-refractivity contribution in [1.82, 2.24) is 20.6 Å². The topological polar surface area (TPSA) is 66.9 Å². The van der Waals surface area contributed by atoms with Crippen molar-refractivity contribution in [1.29, 1.82) is 0 Å². The zero-order valence-corrected chi connectivity index (χ0v) is 9.90. The Morgan fingerprint density at radius 3 is 2.50 bits per heavy atom. The molecule has 0 saturated heterocycles. The second-order valence-electron chi connectivity index (χ2n) is 3.93. The molecular weight excluding hydrogens is 204 g/mol. The summed E-state index contributed by atoms with van der Waals surface area (Å²) >= 11 is 0. The second kappa shape index (κ2) is 6.17. The number of nitrogens with one attached hydrogen (secondary N) is 2. The molecule has 16 heavy (non-hydrogen) atoms. The van der Waals surface area contributed by atoms with Crippen LogP contribution in [0.5, 0.6) is 0 Å². The van der Waals surface area contributed by atoms with Crippen LogP contribution in [0.3, 0.4) is 0 Å². The fourth-order valence-electron chi connectivity index (χ4n) is 1.17. The lowest BCUT2D eigenvalue weighted by Gasteiger charge is -2.15. The van der Waals surface area contributed by atoms with Crippen molar-refractivity contribution >= 4 is 5.91 Å². The molecule has 0 radical (unpaired) electrons. The van der Waals surface area contributed by atoms with Crippen molar-refractivity contribution in [2.75, 3.05) is 0 Å². The molecule has 0 fully saturated rings. The van der Waals surface area contributed by atoms with E-state index in [0.717, 1.165) is 0 Å². The predicted molar refractivity (Wildman–Crippen MR) is 61.6 cm³/mol. The number of amides is 1. The minimum Gasteiger partial charge on any atom is -0.353 e. The van der Waals surface area contributed by atoms with Crippen molar-refractivity contribution < 1.29 is 4.79 Å². The van der Waals surface area contributed by atoms with Gasteiger partial charge in [0.05, 0.1) is 12.6 Å². The van der Waals surface area contributed by atoms with Crippen LogP contribution in [0.1, 0.15) is 26.6 Å². The minimum atomic E-state index is -0.244. The number of aromatic nitrogens is 2. The SMILES string of the molecule is CC(C)NC(=O)C(C)NCc1ncccn1. The van der Waals surface area contributed by atoms with E-state index in [4.69, 9.17) is 0 Å². The lowest BCUT2D eigenvalue weighted by molar-refractivity contribution is -0.123. The Balaban J connectivity index is 2.35. The normalized spacial score (nSPS) is 12.5. The summed E-state index contributed by atoms with van der Waals surface area (Å²) in [6, 6.07) is 1.68. The molecule has 0 saturated carbocycles. The molecule has 0 aliphatic carbocycles. The van der Waals surface area contributed by atoms with Crippen LogP contribution in [-0.4, -0.2) is 28.0 Å². The molecule has 5 nitrogen and oxygen atoms in total. The quantitative estimate of drug-likeness (QED) is 0.760. The molecule has 0 bridgehead atoms. The van der Waals surface area contributed by atoms with E-state index in [1.54, 1.807) is 18.5 Å². The summed E-state index contributed by atoms with van der Waals surface area (Å²) in [6.45, 7) is 6.18. The largest absolute Gasteiger partial charge is 0.353 e. The lowest BCUT2D eigenvalue weighted by atomic mass is 10.3. The van der Waals surface area contributed by atoms with Gasteiger partial charge in [-0.1, -0.05) is 0 Å². The van der Waals surface area contributed by atoms with Gasteiger partial charge in [0.1, 0.15) is 5.82 Å². The second-order valence-corrected chi connectivity index (χ2v) is 3.93. The van der Waals surface area contributed by atoms with Gasteiger partial charge in [-0.25, -0.2) is 9.97 Å². The molecule has 0 spiro atoms. The first-order valence-electron chi connectivity index (χ1n) is 5.39. The van der Waals surface area contributed by atoms with Gasteiger partial charge in [-0.15, -0.1) is 0 Å². The average Bonchev–Trinajstić information content (AvgIpc) is 2.26. The highest BCUT2D eigenvalue weighted by Gasteiger charge is 2.12. The Bertz CT molecular complexity index is 326. The highest BCUT2D eigenvalue weighted by Crippen LogP contribution is 1.90. The Morgan fingerprint density at radius 1 is 1.31 bits per heavy atom. The fraction of sp³-hybridized carbons (Fsp3) is 0.545. The maximum Gasteiger partial charge on any atom is 0.237 e. The van der Waals surface area contributed by atoms with Gasteiger partial charge < -0.3 is 5.32 Å². The van der Waals surface area contributed by atoms with Gasteiger partial charge in [-0.05, 0) is 26.8 Å². The van der Waals surface area contributed by atoms with E-state index in [-0.39, 0.29) is 18.0 Å². The summed E-state index contributed by atoms with van der Waals surface area (Å²) in [5.41, 5.74) is 0. The zero-order chi connectivity index (χ0) is 12.0. The van der Waals surface area contributed by atoms with E-state index in [1.807, 2.05) is 20.8 Å². The highest BCUT2D eigenvalue weighted by molar-refractivity contribution is 5.81. The summed E-state index contributed by atoms with van der Waals surface area (Å²) in [5.74, 6) is 0.678. The van der Waals surface area contributed by atoms with Crippen molar-refractivity contribution in [3.8, 4) is 0 Å². The van der Waals surface area contributed by atoms with E-state index >= 15 is 0 Å². The predicted octanol–water partition coefficient (Wildman–Crippen LogP) is 0.479. The number of rotatable bonds is 5. The molecule has 2 N–H and O–H groups in total. The third-order valence-electron chi connectivity index (χ3n) is 2.01. The zero-order valence-electron chi connectivity index (χ0n) is 9.90. The number of carbonyl (C=O) groups excluding carboxylic acids is 1. The first-order chi connectivity index (χ1) is 7.59. The van der Waals surface area contributed by atoms with Crippen molar-refractivity contribution in [2.45, 2.75) is 39.4 Å². The van der Waals surface area contributed by atoms with Gasteiger partial charge in [0, 0.05) is 18.4 Å². The van der Waals surface area contributed by atoms with Crippen LogP contribution in [0.4, 0.5) is 0 Å². The summed E-state index contributed by atoms with van der Waals surface area (Å²) in [4.78, 5) is 19.7. The van der Waals surface area contributed by atoms with Gasteiger partial charge >= 0.3 is 0 Å². The van der Waals surface area contributed by atoms with Gasteiger partial charge in [0.25, 0.3) is 0 Å². The molecule has 0 aliphatic rings. The molecule has 1 amide bonds. The molecular formula is C11H18N4O. The molecule has 0 aromatic carbocycles. The first kappa shape index (κ1) is 12.6. The van der Waals surface area contributed by atoms with Crippen LogP contribution in [0.25, 0.3) is 0 Å². The third-order valence-corrected chi connectivity index (χ3v) is 2.01. The number of hydrogen-bond donors (Lipinski definition) is 2. The number of hydrogen-bond acceptors (Lipinski definition) is 4. The molecule has 1 rings (SSSR count). The fourth-order valence-corrected chi connectivity index (χ4v) is 1.17. The summed E-state index contributed by atoms with van der Waals surface area (Å²) in [7, 11) is 0. The average molecular weight is 222 g/mol. The monoisotopic (exact) mass is 222 g/mol. The molecule has 1 heterocycles. The Labute approximate surface area is 95.7 Å². The van der Waals surface area contributed by atoms with Gasteiger partial charge in [-0.3, -0.25) is 10.1 Å². The van der Waals surface area contributed by atoms with Crippen LogP contribution in [-0.2, 0) is 11.3 Å². The van der Waals surface area contributed by atoms with Gasteiger partial charge in [-0.2, -0.15) is 0 Å². The Morgan fingerprint density at radius 2 is 1.94 bits per heavy atom. The standard InChI is InChI=1S/C11H18N4O/c1-8(2)15-11(16)9(3)14-7-10-12-5-4-6-13-10/h4-6,8-9,14H,7H2,1-3H3,(H,15,16). The maximum atomic E-state index is 11.6. The summed E-state index contributed by atoms with van der Waals surface area (Å²) in [5, 5.41) is 5.90. The molecule has 5 heteroatoms. The molecule has 1 atom stereocenters. The van der Waals surface area contributed by atoms with E-state index in [9.17, 15) is 4.79 Å². The Hall–Kier alpha value is -1.49. The van der Waals surface area contributed by atoms with Gasteiger partial charge in [0.2, 0.25) is 5.91 Å². The van der Waals surface area contributed by atoms with E-state index in [1.165, 1.54) is 0 Å². The smallest absolute Gasteiger partial charge is 0.237 e. The highest BCUT2D eigenvalue weighted by atomic mass is 16.2. The first-order valence-corrected chi connectivity index (χ1v) is 5.39. The number of nitrogens with zero attached hydrogens (tertiary/aromatic N) is 2. The maximum absolute atomic E-state index is 11.6. The van der Waals surface area contributed by atoms with E-state index < -0.39 is 0 Å². The van der Waals surface area contributed by atoms with Crippen LogP contribution in [0.15, 0.2) is 18.5 Å². The van der Waals surface area contributed by atoms with Crippen molar-refractivity contribution in [3.63, 3.8) is 0 Å². The van der Waals surface area contributed by atoms with Crippen molar-refractivity contribution in [3.05, 3.63) is 24.3 Å². The Kier molecular flexibility index (Phi) is 4.85. The van der Waals surface area contributed by atoms with E-state index in [2.05, 4.69) is 20.6 Å². The summed E-state index contributed by atoms with van der Waals surface area (Å²) in [6.07, 6.45) is 3.37. The van der Waals surface area contributed by atoms with E-state index in [0.29, 0.717) is 12.4 Å². The lowest BCUT2D eigenvalue weighted by Crippen LogP contribution is -2.44. The van der Waals surface area contributed by atoms with Crippen LogP contribution < -0.4 is 10.6 Å². The molecule has 88 valence electrons. The number of carbonyl (C=O) groups is 1. The van der Waals surface area contributed by atoms with Crippen LogP contribution in [0.2, 0.25) is 0 Å². The molecule has 0 aliphatic heterocycles. The summed E-state index contributed by atoms with van der Waals surface area (Å²) < 4.78 is 0. The molecule has 1 unspecified atom stereocenters. The third kappa shape index (κ3) is 4.35. The molecule has 1 aromatic rings. The van der Waals surface area contributed by atoms with Crippen LogP contribution >= 0.6 is 0 Å². The van der Waals surface area contributed by atoms with Gasteiger partial charge in [0.15, 0.2) is 0 Å². The minimum absolute atomic E-state index is 0.00840. The van der Waals surface area contributed by atoms with Crippen molar-refractivity contribution in [2.24, 2.45) is 0 Å². The molecule has 1 aromatic heterocycles. The van der Waals surface area contributed by atoms with Crippen LogP contribution in [0, 0.1) is 0 Å².